The van der Waals surface area contributed by atoms with Crippen LogP contribution in [0.3, 0.4) is 0 Å². The molecule has 0 aromatic heterocycles. The van der Waals surface area contributed by atoms with E-state index in [0.717, 1.165) is 0 Å². The van der Waals surface area contributed by atoms with Crippen molar-refractivity contribution in [2.45, 2.75) is 24.8 Å². The number of benzene rings is 2. The van der Waals surface area contributed by atoms with E-state index >= 15 is 0 Å². The first-order valence-electron chi connectivity index (χ1n) is 8.95. The first kappa shape index (κ1) is 22.0. The Morgan fingerprint density at radius 3 is 2.66 bits per heavy atom. The predicted octanol–water partition coefficient (Wildman–Crippen LogP) is 2.97. The van der Waals surface area contributed by atoms with Crippen molar-refractivity contribution in [2.75, 3.05) is 17.6 Å². The minimum atomic E-state index is -0.920. The maximum atomic E-state index is 12.4. The zero-order chi connectivity index (χ0) is 21.2. The summed E-state index contributed by atoms with van der Waals surface area (Å²) < 4.78 is 5.22. The Bertz CT molecular complexity index is 940. The normalized spacial score (nSPS) is 11.1. The summed E-state index contributed by atoms with van der Waals surface area (Å²) in [6, 6.07) is 15.3. The molecule has 2 aromatic carbocycles. The molecule has 0 aliphatic carbocycles. The van der Waals surface area contributed by atoms with Gasteiger partial charge in [-0.15, -0.1) is 11.8 Å². The number of nitrogens with one attached hydrogen (secondary N) is 2. The topological polar surface area (TPSA) is 108 Å². The molecule has 0 unspecified atom stereocenters. The third-order valence-electron chi connectivity index (χ3n) is 3.75. The molecule has 0 saturated carbocycles. The van der Waals surface area contributed by atoms with Crippen molar-refractivity contribution < 1.29 is 19.1 Å². The highest BCUT2D eigenvalue weighted by molar-refractivity contribution is 8.00. The van der Waals surface area contributed by atoms with Crippen molar-refractivity contribution in [1.29, 1.82) is 5.26 Å². The van der Waals surface area contributed by atoms with Crippen molar-refractivity contribution in [3.63, 3.8) is 0 Å². The van der Waals surface area contributed by atoms with Gasteiger partial charge in [0.15, 0.2) is 6.10 Å². The first-order valence-corrected chi connectivity index (χ1v) is 9.93. The maximum Gasteiger partial charge on any atom is 0.340 e. The largest absolute Gasteiger partial charge is 0.449 e. The molecular formula is C21H21N3O4S. The molecule has 29 heavy (non-hydrogen) atoms. The Kier molecular flexibility index (Phi) is 8.25. The van der Waals surface area contributed by atoms with E-state index in [-0.39, 0.29) is 23.1 Å². The Hall–Kier alpha value is -3.31. The van der Waals surface area contributed by atoms with Gasteiger partial charge in [0.05, 0.1) is 22.9 Å². The summed E-state index contributed by atoms with van der Waals surface area (Å²) in [6.45, 7) is 3.72. The monoisotopic (exact) mass is 411 g/mol. The summed E-state index contributed by atoms with van der Waals surface area (Å²) in [4.78, 5) is 37.0. The first-order chi connectivity index (χ1) is 13.9. The number of rotatable bonds is 8. The third-order valence-corrected chi connectivity index (χ3v) is 4.82. The van der Waals surface area contributed by atoms with Gasteiger partial charge >= 0.3 is 5.97 Å². The zero-order valence-electron chi connectivity index (χ0n) is 16.1. The molecule has 0 heterocycles. The lowest BCUT2D eigenvalue weighted by Gasteiger charge is -2.14. The molecule has 2 N–H and O–H groups in total. The number of anilines is 1. The highest BCUT2D eigenvalue weighted by Gasteiger charge is 2.20. The smallest absolute Gasteiger partial charge is 0.340 e. The maximum absolute atomic E-state index is 12.4. The van der Waals surface area contributed by atoms with Gasteiger partial charge in [-0.05, 0) is 44.2 Å². The molecule has 0 bridgehead atoms. The fraction of sp³-hybridized carbons (Fsp3) is 0.238. The van der Waals surface area contributed by atoms with Crippen LogP contribution in [0.4, 0.5) is 5.69 Å². The Balaban J connectivity index is 1.99. The predicted molar refractivity (Wildman–Crippen MR) is 111 cm³/mol. The van der Waals surface area contributed by atoms with Crippen LogP contribution in [0, 0.1) is 11.3 Å². The second-order valence-electron chi connectivity index (χ2n) is 5.97. The average Bonchev–Trinajstić information content (AvgIpc) is 2.72. The van der Waals surface area contributed by atoms with Gasteiger partial charge < -0.3 is 15.4 Å². The van der Waals surface area contributed by atoms with Crippen LogP contribution in [0.5, 0.6) is 0 Å². The number of thioether (sulfide) groups is 1. The molecule has 0 aliphatic rings. The lowest BCUT2D eigenvalue weighted by molar-refractivity contribution is -0.129. The van der Waals surface area contributed by atoms with Crippen molar-refractivity contribution in [1.82, 2.24) is 5.32 Å². The van der Waals surface area contributed by atoms with Crippen molar-refractivity contribution >= 4 is 35.2 Å². The number of likely N-dealkylation sites (N-methyl/N-ethyl adjacent to an activating group) is 1. The van der Waals surface area contributed by atoms with E-state index in [9.17, 15) is 14.4 Å². The standard InChI is InChI=1S/C21H21N3O4S/c1-3-23-20(26)14(2)28-21(27)17-9-4-5-10-18(17)29-13-19(25)24-16-8-6-7-15(11-16)12-22/h4-11,14H,3,13H2,1-2H3,(H,23,26)(H,24,25)/t14-/m0/s1. The van der Waals surface area contributed by atoms with Crippen LogP contribution in [-0.2, 0) is 14.3 Å². The SMILES string of the molecule is CCNC(=O)[C@H](C)OC(=O)c1ccccc1SCC(=O)Nc1cccc(C#N)c1. The number of hydrogen-bond donors (Lipinski definition) is 2. The molecule has 2 aromatic rings. The number of hydrogen-bond acceptors (Lipinski definition) is 6. The van der Waals surface area contributed by atoms with Crippen LogP contribution in [0.25, 0.3) is 0 Å². The van der Waals surface area contributed by atoms with Crippen LogP contribution in [-0.4, -0.2) is 36.2 Å². The number of amides is 2. The molecule has 7 nitrogen and oxygen atoms in total. The van der Waals surface area contributed by atoms with Gasteiger partial charge in [0.1, 0.15) is 0 Å². The summed E-state index contributed by atoms with van der Waals surface area (Å²) in [5.74, 6) is -1.21. The number of nitrogens with zero attached hydrogens (tertiary/aromatic N) is 1. The van der Waals surface area contributed by atoms with Gasteiger partial charge in [0.25, 0.3) is 5.91 Å². The van der Waals surface area contributed by atoms with Gasteiger partial charge in [0.2, 0.25) is 5.91 Å². The lowest BCUT2D eigenvalue weighted by atomic mass is 10.2. The van der Waals surface area contributed by atoms with Crippen LogP contribution in [0.1, 0.15) is 29.8 Å². The quantitative estimate of drug-likeness (QED) is 0.511. The second kappa shape index (κ2) is 10.9. The van der Waals surface area contributed by atoms with E-state index in [1.165, 1.54) is 18.7 Å². The molecule has 2 rings (SSSR count). The molecule has 0 aliphatic heterocycles. The van der Waals surface area contributed by atoms with Gasteiger partial charge in [-0.1, -0.05) is 18.2 Å². The van der Waals surface area contributed by atoms with Crippen LogP contribution in [0.2, 0.25) is 0 Å². The summed E-state index contributed by atoms with van der Waals surface area (Å²) >= 11 is 1.18. The second-order valence-corrected chi connectivity index (χ2v) is 6.98. The highest BCUT2D eigenvalue weighted by atomic mass is 32.2. The van der Waals surface area contributed by atoms with E-state index in [4.69, 9.17) is 10.00 Å². The Labute approximate surface area is 173 Å². The van der Waals surface area contributed by atoms with Crippen molar-refractivity contribution in [3.05, 3.63) is 59.7 Å². The molecule has 2 amide bonds. The minimum Gasteiger partial charge on any atom is -0.449 e. The van der Waals surface area contributed by atoms with Crippen molar-refractivity contribution in [3.8, 4) is 6.07 Å². The number of carbonyl (C=O) groups excluding carboxylic acids is 3. The number of ether oxygens (including phenoxy) is 1. The van der Waals surface area contributed by atoms with E-state index in [1.807, 2.05) is 6.07 Å². The van der Waals surface area contributed by atoms with Gasteiger partial charge in [-0.25, -0.2) is 4.79 Å². The summed E-state index contributed by atoms with van der Waals surface area (Å²) in [7, 11) is 0. The van der Waals surface area contributed by atoms with Crippen LogP contribution < -0.4 is 10.6 Å². The minimum absolute atomic E-state index is 0.0624. The number of esters is 1. The summed E-state index contributed by atoms with van der Waals surface area (Å²) in [5.41, 5.74) is 1.26. The molecule has 0 radical (unpaired) electrons. The van der Waals surface area contributed by atoms with Gasteiger partial charge in [-0.2, -0.15) is 5.26 Å². The van der Waals surface area contributed by atoms with Gasteiger partial charge in [0, 0.05) is 17.1 Å². The summed E-state index contributed by atoms with van der Waals surface area (Å²) in [5, 5.41) is 14.2. The van der Waals surface area contributed by atoms with Crippen LogP contribution >= 0.6 is 11.8 Å². The van der Waals surface area contributed by atoms with E-state index < -0.39 is 12.1 Å². The number of nitriles is 1. The fourth-order valence-electron chi connectivity index (χ4n) is 2.36. The third kappa shape index (κ3) is 6.66. The van der Waals surface area contributed by atoms with E-state index in [2.05, 4.69) is 10.6 Å². The van der Waals surface area contributed by atoms with E-state index in [0.29, 0.717) is 22.7 Å². The van der Waals surface area contributed by atoms with Crippen LogP contribution in [0.15, 0.2) is 53.4 Å². The summed E-state index contributed by atoms with van der Waals surface area (Å²) in [6.07, 6.45) is -0.920. The molecular weight excluding hydrogens is 390 g/mol. The molecule has 8 heteroatoms. The average molecular weight is 411 g/mol. The fourth-order valence-corrected chi connectivity index (χ4v) is 3.20. The zero-order valence-corrected chi connectivity index (χ0v) is 16.9. The molecule has 0 saturated heterocycles. The Morgan fingerprint density at radius 2 is 1.93 bits per heavy atom. The molecule has 150 valence electrons. The molecule has 0 spiro atoms. The highest BCUT2D eigenvalue weighted by Crippen LogP contribution is 2.24. The molecule has 0 fully saturated rings. The van der Waals surface area contributed by atoms with Crippen molar-refractivity contribution in [2.24, 2.45) is 0 Å². The van der Waals surface area contributed by atoms with E-state index in [1.54, 1.807) is 55.5 Å². The Morgan fingerprint density at radius 1 is 1.17 bits per heavy atom. The molecule has 1 atom stereocenters. The number of carbonyl (C=O) groups is 3. The van der Waals surface area contributed by atoms with Gasteiger partial charge in [-0.3, -0.25) is 9.59 Å². The lowest BCUT2D eigenvalue weighted by Crippen LogP contribution is -2.35.